The number of carbonyl (C=O) groups is 4. The smallest absolute Gasteiger partial charge is 0.408 e. The predicted octanol–water partition coefficient (Wildman–Crippen LogP) is 5.78. The van der Waals surface area contributed by atoms with E-state index >= 15 is 13.6 Å². The number of halogens is 3. The topological polar surface area (TPSA) is 185 Å². The van der Waals surface area contributed by atoms with Crippen molar-refractivity contribution in [2.24, 2.45) is 17.8 Å². The van der Waals surface area contributed by atoms with Crippen LogP contribution in [-0.4, -0.2) is 106 Å². The first-order chi connectivity index (χ1) is 27.2. The Hall–Kier alpha value is -4.35. The fourth-order valence-corrected chi connectivity index (χ4v) is 10.4. The Morgan fingerprint density at radius 2 is 1.78 bits per heavy atom. The Morgan fingerprint density at radius 1 is 1.12 bits per heavy atom. The summed E-state index contributed by atoms with van der Waals surface area (Å²) in [5.74, 6) is -4.97. The summed E-state index contributed by atoms with van der Waals surface area (Å²) >= 11 is 0. The fraction of sp³-hybridized carbons (Fsp3) is 0.675. The van der Waals surface area contributed by atoms with Gasteiger partial charge in [0.25, 0.3) is 11.8 Å². The second kappa shape index (κ2) is 15.7. The van der Waals surface area contributed by atoms with Gasteiger partial charge in [-0.15, -0.1) is 0 Å². The fourth-order valence-electron chi connectivity index (χ4n) is 8.96. The van der Waals surface area contributed by atoms with Crippen molar-refractivity contribution < 1.29 is 55.3 Å². The molecule has 1 aromatic carbocycles. The second-order valence-corrected chi connectivity index (χ2v) is 19.2. The van der Waals surface area contributed by atoms with Crippen molar-refractivity contribution in [1.29, 1.82) is 0 Å². The van der Waals surface area contributed by atoms with Crippen LogP contribution >= 0.6 is 0 Å². The van der Waals surface area contributed by atoms with E-state index in [1.165, 1.54) is 13.3 Å². The second-order valence-electron chi connectivity index (χ2n) is 17.1. The normalized spacial score (nSPS) is 31.4. The number of hydrogen-bond donors (Lipinski definition) is 3. The number of fused-ring (bicyclic) bond motifs is 3. The van der Waals surface area contributed by atoms with Gasteiger partial charge >= 0.3 is 12.1 Å². The number of hydrogen-bond acceptors (Lipinski definition) is 9. The zero-order chi connectivity index (χ0) is 42.6. The molecule has 2 aliphatic heterocycles. The highest BCUT2D eigenvalue weighted by Gasteiger charge is 2.71. The maximum Gasteiger partial charge on any atom is 0.408 e. The van der Waals surface area contributed by atoms with Gasteiger partial charge in [0.05, 0.1) is 13.3 Å². The van der Waals surface area contributed by atoms with Crippen LogP contribution in [0, 0.1) is 17.8 Å². The lowest BCUT2D eigenvalue weighted by atomic mass is 9.86. The third kappa shape index (κ3) is 7.42. The molecule has 0 radical (unpaired) electrons. The number of aromatic nitrogens is 1. The van der Waals surface area contributed by atoms with Crippen LogP contribution in [-0.2, 0) is 24.4 Å². The van der Waals surface area contributed by atoms with E-state index in [4.69, 9.17) is 9.47 Å². The number of ether oxygens (including phenoxy) is 2. The Kier molecular flexibility index (Phi) is 11.7. The number of pyridine rings is 1. The third-order valence-corrected chi connectivity index (χ3v) is 15.1. The maximum atomic E-state index is 17.6. The molecular weight excluding hydrogens is 784 g/mol. The molecule has 8 atom stereocenters. The zero-order valence-electron chi connectivity index (χ0n) is 33.7. The molecule has 4 fully saturated rings. The maximum absolute atomic E-state index is 17.6. The largest absolute Gasteiger partial charge is 0.494 e. The number of methoxy groups -OCH3 is 1. The van der Waals surface area contributed by atoms with Gasteiger partial charge in [0.15, 0.2) is 5.60 Å². The van der Waals surface area contributed by atoms with Crippen LogP contribution in [0.3, 0.4) is 0 Å². The first kappa shape index (κ1) is 43.2. The Balaban J connectivity index is 1.47. The molecule has 4 amide bonds. The van der Waals surface area contributed by atoms with Crippen LogP contribution in [0.2, 0.25) is 0 Å². The van der Waals surface area contributed by atoms with E-state index in [1.807, 2.05) is 11.6 Å². The van der Waals surface area contributed by atoms with E-state index in [2.05, 4.69) is 10.3 Å². The van der Waals surface area contributed by atoms with Gasteiger partial charge in [-0.1, -0.05) is 58.2 Å². The molecule has 14 nitrogen and oxygen atoms in total. The third-order valence-electron chi connectivity index (χ3n) is 13.0. The SMILES string of the molecule is CCC(C)N(C(=O)O)[C@@H]1C(=O)N2[C@@H](C[C@@](C)(Oc3ncc(OC)c4ccccc34)C2(F)F)C(=O)N[C@]2(C(=O)NS(=O)(=O)C3(CF)CC3)C[C@H]2CCCC[C@@H](C)C[C@H]1C. The average molecular weight is 838 g/mol. The van der Waals surface area contributed by atoms with Crippen molar-refractivity contribution in [3.63, 3.8) is 0 Å². The molecule has 58 heavy (non-hydrogen) atoms. The van der Waals surface area contributed by atoms with E-state index in [0.717, 1.165) is 11.8 Å². The van der Waals surface area contributed by atoms with Crippen LogP contribution < -0.4 is 19.5 Å². The number of rotatable bonds is 10. The summed E-state index contributed by atoms with van der Waals surface area (Å²) in [7, 11) is -3.10. The summed E-state index contributed by atoms with van der Waals surface area (Å²) in [6.45, 7) is 6.67. The van der Waals surface area contributed by atoms with Crippen molar-refractivity contribution in [3.8, 4) is 11.6 Å². The van der Waals surface area contributed by atoms with E-state index in [1.54, 1.807) is 45.0 Å². The zero-order valence-corrected chi connectivity index (χ0v) is 34.5. The summed E-state index contributed by atoms with van der Waals surface area (Å²) in [6, 6.07) is -2.17. The van der Waals surface area contributed by atoms with Crippen LogP contribution in [0.1, 0.15) is 98.8 Å². The summed E-state index contributed by atoms with van der Waals surface area (Å²) in [6.07, 6.45) is 1.73. The van der Waals surface area contributed by atoms with E-state index in [0.29, 0.717) is 48.6 Å². The lowest BCUT2D eigenvalue weighted by Gasteiger charge is -2.42. The Bertz CT molecular complexity index is 2050. The Morgan fingerprint density at radius 3 is 2.38 bits per heavy atom. The van der Waals surface area contributed by atoms with Crippen molar-refractivity contribution >= 4 is 44.6 Å². The van der Waals surface area contributed by atoms with E-state index in [-0.39, 0.29) is 42.4 Å². The molecule has 0 spiro atoms. The van der Waals surface area contributed by atoms with E-state index < -0.39 is 98.8 Å². The van der Waals surface area contributed by atoms with Gasteiger partial charge in [-0.25, -0.2) is 22.6 Å². The highest BCUT2D eigenvalue weighted by atomic mass is 32.2. The van der Waals surface area contributed by atoms with Gasteiger partial charge < -0.3 is 19.9 Å². The minimum absolute atomic E-state index is 0.00182. The monoisotopic (exact) mass is 837 g/mol. The minimum atomic E-state index is -4.52. The average Bonchev–Trinajstić information content (AvgIpc) is 4.09. The molecule has 2 saturated carbocycles. The number of amides is 4. The lowest BCUT2D eigenvalue weighted by molar-refractivity contribution is -0.219. The molecular formula is C40H54F3N5O9S. The standard InChI is InChI=1S/C40H54F3N5O9S/c1-7-25(4)47(36(52)53)31-24(3)18-23(2)12-8-9-13-26-19-39(26,35(51)46-58(54,55)38(22-41)16-17-38)45-32(49)29-20-37(5,40(42,43)48(29)34(31)50)57-33-28-15-11-10-14-27(28)30(56-6)21-44-33/h10-11,14-15,21,23-26,29,31H,7-9,12-13,16-20,22H2,1-6H3,(H,45,49)(H,46,51)(H,52,53)/t23-,24-,25?,26-,29+,31+,37-,39-/m1/s1. The van der Waals surface area contributed by atoms with Gasteiger partial charge in [-0.05, 0) is 76.2 Å². The van der Waals surface area contributed by atoms with Gasteiger partial charge in [0.2, 0.25) is 21.8 Å². The predicted molar refractivity (Wildman–Crippen MR) is 206 cm³/mol. The van der Waals surface area contributed by atoms with Crippen LogP contribution in [0.25, 0.3) is 10.8 Å². The molecule has 1 unspecified atom stereocenters. The molecule has 18 heteroatoms. The van der Waals surface area contributed by atoms with Gasteiger partial charge in [-0.3, -0.25) is 28.9 Å². The molecule has 3 heterocycles. The van der Waals surface area contributed by atoms with Gasteiger partial charge in [0.1, 0.15) is 34.8 Å². The molecule has 2 aromatic rings. The highest BCUT2D eigenvalue weighted by Crippen LogP contribution is 2.52. The first-order valence-corrected chi connectivity index (χ1v) is 21.5. The summed E-state index contributed by atoms with van der Waals surface area (Å²) in [5.41, 5.74) is -4.52. The minimum Gasteiger partial charge on any atom is -0.494 e. The van der Waals surface area contributed by atoms with Crippen LogP contribution in [0.15, 0.2) is 30.5 Å². The molecule has 2 aliphatic carbocycles. The molecule has 2 saturated heterocycles. The Labute approximate surface area is 336 Å². The highest BCUT2D eigenvalue weighted by molar-refractivity contribution is 7.91. The number of carbonyl (C=O) groups excluding carboxylic acids is 3. The van der Waals surface area contributed by atoms with Crippen molar-refractivity contribution in [1.82, 2.24) is 24.8 Å². The van der Waals surface area contributed by atoms with Crippen LogP contribution in [0.5, 0.6) is 11.6 Å². The van der Waals surface area contributed by atoms with Crippen molar-refractivity contribution in [3.05, 3.63) is 30.5 Å². The van der Waals surface area contributed by atoms with Gasteiger partial charge in [-0.2, -0.15) is 8.78 Å². The lowest BCUT2D eigenvalue weighted by Crippen LogP contribution is -2.64. The number of nitrogens with one attached hydrogen (secondary N) is 2. The van der Waals surface area contributed by atoms with E-state index in [9.17, 15) is 32.3 Å². The quantitative estimate of drug-likeness (QED) is 0.248. The summed E-state index contributed by atoms with van der Waals surface area (Å²) in [4.78, 5) is 61.9. The number of carboxylic acid groups (broad SMARTS) is 1. The molecule has 0 bridgehead atoms. The molecule has 320 valence electrons. The molecule has 4 aliphatic rings. The number of sulfonamides is 1. The van der Waals surface area contributed by atoms with Crippen molar-refractivity contribution in [2.45, 2.75) is 139 Å². The number of alkyl halides is 3. The van der Waals surface area contributed by atoms with Crippen molar-refractivity contribution in [2.75, 3.05) is 13.8 Å². The number of nitrogens with zero attached hydrogens (tertiary/aromatic N) is 3. The number of benzene rings is 1. The molecule has 6 rings (SSSR count). The molecule has 3 N–H and O–H groups in total. The summed E-state index contributed by atoms with van der Waals surface area (Å²) < 4.78 is 87.3. The summed E-state index contributed by atoms with van der Waals surface area (Å²) in [5, 5.41) is 13.9. The van der Waals surface area contributed by atoms with Crippen LogP contribution in [0.4, 0.5) is 18.0 Å². The molecule has 1 aromatic heterocycles. The first-order valence-electron chi connectivity index (χ1n) is 20.0. The van der Waals surface area contributed by atoms with Gasteiger partial charge in [0, 0.05) is 23.2 Å².